The number of carbonyl (C=O) groups excluding carboxylic acids is 1. The third kappa shape index (κ3) is 4.20. The van der Waals surface area contributed by atoms with Gasteiger partial charge in [-0.05, 0) is 24.2 Å². The van der Waals surface area contributed by atoms with Gasteiger partial charge >= 0.3 is 0 Å². The lowest BCUT2D eigenvalue weighted by molar-refractivity contribution is -0.645. The van der Waals surface area contributed by atoms with Gasteiger partial charge in [0, 0.05) is 18.7 Å². The highest BCUT2D eigenvalue weighted by molar-refractivity contribution is 7.99. The van der Waals surface area contributed by atoms with E-state index >= 15 is 0 Å². The second kappa shape index (κ2) is 6.29. The van der Waals surface area contributed by atoms with Crippen molar-refractivity contribution in [3.05, 3.63) is 29.6 Å². The Kier molecular flexibility index (Phi) is 4.97. The lowest BCUT2D eigenvalue weighted by Crippen LogP contribution is -2.30. The van der Waals surface area contributed by atoms with E-state index in [-0.39, 0.29) is 11.7 Å². The predicted octanol–water partition coefficient (Wildman–Crippen LogP) is 0.938. The summed E-state index contributed by atoms with van der Waals surface area (Å²) in [7, 11) is 0. The number of thioether (sulfide) groups is 1. The van der Waals surface area contributed by atoms with Gasteiger partial charge in [-0.25, -0.2) is 0 Å². The zero-order valence-corrected chi connectivity index (χ0v) is 9.42. The second-order valence-electron chi connectivity index (χ2n) is 3.00. The molecule has 0 saturated carbocycles. The number of rotatable bonds is 5. The van der Waals surface area contributed by atoms with Gasteiger partial charge in [0.2, 0.25) is 5.91 Å². The van der Waals surface area contributed by atoms with Gasteiger partial charge in [-0.3, -0.25) is 4.79 Å². The van der Waals surface area contributed by atoms with Crippen molar-refractivity contribution in [1.82, 2.24) is 5.32 Å². The van der Waals surface area contributed by atoms with Gasteiger partial charge in [-0.2, -0.15) is 4.73 Å². The normalized spacial score (nSPS) is 9.93. The van der Waals surface area contributed by atoms with Crippen molar-refractivity contribution >= 4 is 17.7 Å². The molecule has 0 spiro atoms. The molecule has 0 unspecified atom stereocenters. The topological polar surface area (TPSA) is 56.0 Å². The van der Waals surface area contributed by atoms with Crippen molar-refractivity contribution in [3.8, 4) is 0 Å². The highest BCUT2D eigenvalue weighted by atomic mass is 32.2. The number of hydrogen-bond donors (Lipinski definition) is 1. The molecule has 15 heavy (non-hydrogen) atoms. The zero-order valence-electron chi connectivity index (χ0n) is 8.60. The van der Waals surface area contributed by atoms with Crippen molar-refractivity contribution in [3.63, 3.8) is 0 Å². The quantitative estimate of drug-likeness (QED) is 0.462. The highest BCUT2D eigenvalue weighted by Crippen LogP contribution is 2.11. The number of nitrogens with one attached hydrogen (secondary N) is 1. The van der Waals surface area contributed by atoms with Crippen LogP contribution in [0.1, 0.15) is 13.3 Å². The number of amides is 1. The summed E-state index contributed by atoms with van der Waals surface area (Å²) in [4.78, 5) is 11.2. The molecule has 1 N–H and O–H groups in total. The Labute approximate surface area is 93.3 Å². The van der Waals surface area contributed by atoms with Crippen LogP contribution in [0.4, 0.5) is 0 Å². The number of carbonyl (C=O) groups is 1. The molecular formula is C10H14N2O2S. The van der Waals surface area contributed by atoms with E-state index in [9.17, 15) is 10.0 Å². The lowest BCUT2D eigenvalue weighted by Gasteiger charge is -2.03. The minimum Gasteiger partial charge on any atom is -0.618 e. The number of pyridine rings is 1. The summed E-state index contributed by atoms with van der Waals surface area (Å²) in [5, 5.41) is 14.5. The van der Waals surface area contributed by atoms with Gasteiger partial charge < -0.3 is 10.5 Å². The van der Waals surface area contributed by atoms with E-state index in [0.29, 0.717) is 11.6 Å². The Bertz CT molecular complexity index is 331. The first kappa shape index (κ1) is 11.8. The molecule has 0 atom stereocenters. The van der Waals surface area contributed by atoms with E-state index in [4.69, 9.17) is 0 Å². The first-order valence-electron chi connectivity index (χ1n) is 4.81. The van der Waals surface area contributed by atoms with E-state index in [1.807, 2.05) is 6.92 Å². The van der Waals surface area contributed by atoms with Crippen molar-refractivity contribution in [1.29, 1.82) is 0 Å². The van der Waals surface area contributed by atoms with Gasteiger partial charge in [-0.15, -0.1) is 0 Å². The molecule has 82 valence electrons. The van der Waals surface area contributed by atoms with Crippen LogP contribution in [0.15, 0.2) is 29.4 Å². The first-order chi connectivity index (χ1) is 7.24. The maximum atomic E-state index is 11.2. The molecule has 0 bridgehead atoms. The van der Waals surface area contributed by atoms with Crippen molar-refractivity contribution < 1.29 is 9.52 Å². The summed E-state index contributed by atoms with van der Waals surface area (Å²) in [5.74, 6) is 0.248. The maximum absolute atomic E-state index is 11.2. The first-order valence-corrected chi connectivity index (χ1v) is 5.80. The fourth-order valence-electron chi connectivity index (χ4n) is 0.979. The van der Waals surface area contributed by atoms with Crippen molar-refractivity contribution in [2.24, 2.45) is 0 Å². The predicted molar refractivity (Wildman–Crippen MR) is 59.4 cm³/mol. The van der Waals surface area contributed by atoms with Crippen molar-refractivity contribution in [2.75, 3.05) is 12.3 Å². The van der Waals surface area contributed by atoms with Crippen LogP contribution < -0.4 is 10.0 Å². The molecule has 4 nitrogen and oxygen atoms in total. The minimum atomic E-state index is -0.0364. The van der Waals surface area contributed by atoms with Crippen LogP contribution in [0, 0.1) is 5.21 Å². The van der Waals surface area contributed by atoms with Crippen LogP contribution in [0.5, 0.6) is 0 Å². The summed E-state index contributed by atoms with van der Waals surface area (Å²) in [6, 6.07) is 5.14. The fourth-order valence-corrected chi connectivity index (χ4v) is 1.72. The molecule has 0 aliphatic rings. The van der Waals surface area contributed by atoms with Gasteiger partial charge in [0.1, 0.15) is 0 Å². The molecule has 0 radical (unpaired) electrons. The van der Waals surface area contributed by atoms with Gasteiger partial charge in [0.05, 0.1) is 5.75 Å². The average molecular weight is 226 g/mol. The van der Waals surface area contributed by atoms with E-state index in [1.165, 1.54) is 18.0 Å². The van der Waals surface area contributed by atoms with Gasteiger partial charge in [-0.1, -0.05) is 6.92 Å². The zero-order chi connectivity index (χ0) is 11.1. The van der Waals surface area contributed by atoms with Gasteiger partial charge in [0.25, 0.3) is 5.03 Å². The molecule has 0 saturated heterocycles. The number of hydrogen-bond acceptors (Lipinski definition) is 3. The largest absolute Gasteiger partial charge is 0.618 e. The van der Waals surface area contributed by atoms with E-state index < -0.39 is 0 Å². The summed E-state index contributed by atoms with van der Waals surface area (Å²) in [5.41, 5.74) is 0. The smallest absolute Gasteiger partial charge is 0.251 e. The molecule has 1 aromatic heterocycles. The fraction of sp³-hybridized carbons (Fsp3) is 0.400. The lowest BCUT2D eigenvalue weighted by atomic mass is 10.5. The van der Waals surface area contributed by atoms with Crippen LogP contribution in [-0.4, -0.2) is 18.2 Å². The molecule has 0 aliphatic heterocycles. The summed E-state index contributed by atoms with van der Waals surface area (Å²) >= 11 is 1.24. The molecule has 5 heteroatoms. The van der Waals surface area contributed by atoms with E-state index in [1.54, 1.807) is 18.2 Å². The van der Waals surface area contributed by atoms with E-state index in [2.05, 4.69) is 5.32 Å². The summed E-state index contributed by atoms with van der Waals surface area (Å²) < 4.78 is 0.762. The third-order valence-corrected chi connectivity index (χ3v) is 2.73. The Morgan fingerprint density at radius 2 is 2.40 bits per heavy atom. The molecule has 1 amide bonds. The van der Waals surface area contributed by atoms with Crippen LogP contribution in [0.25, 0.3) is 0 Å². The van der Waals surface area contributed by atoms with Crippen LogP contribution in [-0.2, 0) is 4.79 Å². The standard InChI is InChI=1S/C10H14N2O2S/c1-2-6-11-9(13)8-15-10-5-3-4-7-12(10)14/h3-5,7H,2,6,8H2,1H3,(H,11,13). The highest BCUT2D eigenvalue weighted by Gasteiger charge is 2.07. The summed E-state index contributed by atoms with van der Waals surface area (Å²) in [6.45, 7) is 2.68. The minimum absolute atomic E-state index is 0.0364. The monoisotopic (exact) mass is 226 g/mol. The molecule has 0 aromatic carbocycles. The Morgan fingerprint density at radius 3 is 3.07 bits per heavy atom. The van der Waals surface area contributed by atoms with Crippen LogP contribution in [0.3, 0.4) is 0 Å². The molecule has 1 heterocycles. The second-order valence-corrected chi connectivity index (χ2v) is 4.00. The van der Waals surface area contributed by atoms with Crippen LogP contribution in [0.2, 0.25) is 0 Å². The summed E-state index contributed by atoms with van der Waals surface area (Å²) in [6.07, 6.45) is 2.34. The van der Waals surface area contributed by atoms with Crippen LogP contribution >= 0.6 is 11.8 Å². The SMILES string of the molecule is CCCNC(=O)CSc1cccc[n+]1[O-]. The van der Waals surface area contributed by atoms with Crippen molar-refractivity contribution in [2.45, 2.75) is 18.4 Å². The molecule has 1 rings (SSSR count). The Morgan fingerprint density at radius 1 is 1.60 bits per heavy atom. The molecular weight excluding hydrogens is 212 g/mol. The molecule has 0 fully saturated rings. The Balaban J connectivity index is 2.37. The Hall–Kier alpha value is -1.23. The molecule has 1 aromatic rings. The van der Waals surface area contributed by atoms with Gasteiger partial charge in [0.15, 0.2) is 6.20 Å². The third-order valence-electron chi connectivity index (χ3n) is 1.71. The van der Waals surface area contributed by atoms with E-state index in [0.717, 1.165) is 11.2 Å². The average Bonchev–Trinajstić information content (AvgIpc) is 2.25. The maximum Gasteiger partial charge on any atom is 0.251 e. The molecule has 0 aliphatic carbocycles. The number of nitrogens with zero attached hydrogens (tertiary/aromatic N) is 1. The number of aromatic nitrogens is 1.